The van der Waals surface area contributed by atoms with E-state index in [9.17, 15) is 9.59 Å². The molecule has 2 amide bonds. The normalized spacial score (nSPS) is 22.4. The molecule has 122 valence electrons. The zero-order chi connectivity index (χ0) is 14.2. The van der Waals surface area contributed by atoms with E-state index < -0.39 is 0 Å². The second kappa shape index (κ2) is 10.0. The molecule has 2 fully saturated rings. The Bertz CT molecular complexity index is 327. The van der Waals surface area contributed by atoms with Gasteiger partial charge >= 0.3 is 0 Å². The Labute approximate surface area is 133 Å². The highest BCUT2D eigenvalue weighted by Crippen LogP contribution is 2.28. The molecule has 0 aromatic rings. The van der Waals surface area contributed by atoms with Crippen LogP contribution in [-0.4, -0.2) is 37.5 Å². The predicted molar refractivity (Wildman–Crippen MR) is 85.5 cm³/mol. The standard InChI is InChI=1S/C15H27N3O2.ClH/c19-14(8-7-12-4-1-2-5-12)17-11-15(20)18-13-6-3-9-16-10-13;/h12-13,16H,1-11H2,(H,17,19)(H,18,20);1H/t13-;/m0./s1. The van der Waals surface area contributed by atoms with Crippen LogP contribution in [0.25, 0.3) is 0 Å². The Morgan fingerprint density at radius 3 is 2.48 bits per heavy atom. The number of rotatable bonds is 6. The molecular formula is C15H28ClN3O2. The molecule has 0 bridgehead atoms. The van der Waals surface area contributed by atoms with Crippen molar-refractivity contribution in [2.75, 3.05) is 19.6 Å². The monoisotopic (exact) mass is 317 g/mol. The third kappa shape index (κ3) is 7.14. The van der Waals surface area contributed by atoms with Crippen molar-refractivity contribution in [1.29, 1.82) is 0 Å². The van der Waals surface area contributed by atoms with Crippen LogP contribution in [0.3, 0.4) is 0 Å². The first-order valence-electron chi connectivity index (χ1n) is 8.01. The van der Waals surface area contributed by atoms with Gasteiger partial charge in [0.1, 0.15) is 0 Å². The van der Waals surface area contributed by atoms with E-state index in [1.54, 1.807) is 0 Å². The van der Waals surface area contributed by atoms with Crippen molar-refractivity contribution in [3.63, 3.8) is 0 Å². The lowest BCUT2D eigenvalue weighted by molar-refractivity contribution is -0.126. The number of hydrogen-bond donors (Lipinski definition) is 3. The van der Waals surface area contributed by atoms with E-state index >= 15 is 0 Å². The fraction of sp³-hybridized carbons (Fsp3) is 0.867. The van der Waals surface area contributed by atoms with E-state index in [4.69, 9.17) is 0 Å². The molecule has 6 heteroatoms. The van der Waals surface area contributed by atoms with Crippen molar-refractivity contribution < 1.29 is 9.59 Å². The van der Waals surface area contributed by atoms with Crippen molar-refractivity contribution in [2.45, 2.75) is 57.4 Å². The minimum absolute atomic E-state index is 0. The zero-order valence-electron chi connectivity index (χ0n) is 12.7. The summed E-state index contributed by atoms with van der Waals surface area (Å²) in [5.41, 5.74) is 0. The molecule has 1 saturated carbocycles. The van der Waals surface area contributed by atoms with Gasteiger partial charge in [0.05, 0.1) is 6.54 Å². The number of amides is 2. The average molecular weight is 318 g/mol. The van der Waals surface area contributed by atoms with Crippen molar-refractivity contribution in [1.82, 2.24) is 16.0 Å². The minimum Gasteiger partial charge on any atom is -0.351 e. The smallest absolute Gasteiger partial charge is 0.239 e. The second-order valence-corrected chi connectivity index (χ2v) is 6.08. The molecule has 2 rings (SSSR count). The van der Waals surface area contributed by atoms with E-state index in [0.29, 0.717) is 6.42 Å². The van der Waals surface area contributed by atoms with Crippen molar-refractivity contribution >= 4 is 24.2 Å². The summed E-state index contributed by atoms with van der Waals surface area (Å²) < 4.78 is 0. The first-order chi connectivity index (χ1) is 9.74. The van der Waals surface area contributed by atoms with Gasteiger partial charge in [-0.25, -0.2) is 0 Å². The lowest BCUT2D eigenvalue weighted by Gasteiger charge is -2.23. The molecule has 0 spiro atoms. The topological polar surface area (TPSA) is 70.2 Å². The van der Waals surface area contributed by atoms with Crippen molar-refractivity contribution in [3.8, 4) is 0 Å². The van der Waals surface area contributed by atoms with Gasteiger partial charge in [-0.2, -0.15) is 0 Å². The quantitative estimate of drug-likeness (QED) is 0.693. The molecule has 0 aromatic carbocycles. The maximum absolute atomic E-state index is 11.7. The molecule has 21 heavy (non-hydrogen) atoms. The molecule has 1 saturated heterocycles. The predicted octanol–water partition coefficient (Wildman–Crippen LogP) is 1.36. The van der Waals surface area contributed by atoms with E-state index in [-0.39, 0.29) is 36.8 Å². The summed E-state index contributed by atoms with van der Waals surface area (Å²) >= 11 is 0. The van der Waals surface area contributed by atoms with Crippen LogP contribution in [0.2, 0.25) is 0 Å². The number of hydrogen-bond acceptors (Lipinski definition) is 3. The lowest BCUT2D eigenvalue weighted by Crippen LogP contribution is -2.48. The van der Waals surface area contributed by atoms with Crippen molar-refractivity contribution in [2.24, 2.45) is 5.92 Å². The van der Waals surface area contributed by atoms with E-state index in [0.717, 1.165) is 38.3 Å². The van der Waals surface area contributed by atoms with Gasteiger partial charge in [-0.1, -0.05) is 25.7 Å². The van der Waals surface area contributed by atoms with Gasteiger partial charge in [0.2, 0.25) is 11.8 Å². The lowest BCUT2D eigenvalue weighted by atomic mass is 10.0. The summed E-state index contributed by atoms with van der Waals surface area (Å²) in [7, 11) is 0. The third-order valence-electron chi connectivity index (χ3n) is 4.36. The van der Waals surface area contributed by atoms with Crippen LogP contribution in [0.1, 0.15) is 51.4 Å². The molecule has 0 aromatic heterocycles. The number of piperidine rings is 1. The minimum atomic E-state index is -0.0760. The second-order valence-electron chi connectivity index (χ2n) is 6.08. The van der Waals surface area contributed by atoms with Gasteiger partial charge in [0.25, 0.3) is 0 Å². The zero-order valence-corrected chi connectivity index (χ0v) is 13.5. The first kappa shape index (κ1) is 18.2. The Hall–Kier alpha value is -0.810. The van der Waals surface area contributed by atoms with Crippen LogP contribution in [0.15, 0.2) is 0 Å². The molecule has 1 aliphatic heterocycles. The van der Waals surface area contributed by atoms with Gasteiger partial charge in [-0.15, -0.1) is 12.4 Å². The van der Waals surface area contributed by atoms with Gasteiger partial charge < -0.3 is 16.0 Å². The van der Waals surface area contributed by atoms with E-state index in [1.807, 2.05) is 0 Å². The van der Waals surface area contributed by atoms with E-state index in [2.05, 4.69) is 16.0 Å². The molecule has 5 nitrogen and oxygen atoms in total. The molecule has 1 aliphatic carbocycles. The van der Waals surface area contributed by atoms with Crippen LogP contribution in [0, 0.1) is 5.92 Å². The van der Waals surface area contributed by atoms with Gasteiger partial charge in [0, 0.05) is 19.0 Å². The average Bonchev–Trinajstić information content (AvgIpc) is 2.97. The number of nitrogens with one attached hydrogen (secondary N) is 3. The van der Waals surface area contributed by atoms with Crippen LogP contribution in [-0.2, 0) is 9.59 Å². The summed E-state index contributed by atoms with van der Waals surface area (Å²) in [6.45, 7) is 1.98. The summed E-state index contributed by atoms with van der Waals surface area (Å²) in [6.07, 6.45) is 8.80. The summed E-state index contributed by atoms with van der Waals surface area (Å²) in [4.78, 5) is 23.4. The molecule has 2 aliphatic rings. The maximum atomic E-state index is 11.7. The molecule has 1 atom stereocenters. The highest BCUT2D eigenvalue weighted by Gasteiger charge is 2.17. The molecule has 0 radical (unpaired) electrons. The summed E-state index contributed by atoms with van der Waals surface area (Å²) in [6, 6.07) is 0.214. The van der Waals surface area contributed by atoms with Crippen LogP contribution in [0.5, 0.6) is 0 Å². The maximum Gasteiger partial charge on any atom is 0.239 e. The third-order valence-corrected chi connectivity index (χ3v) is 4.36. The Kier molecular flexibility index (Phi) is 8.69. The Morgan fingerprint density at radius 2 is 1.81 bits per heavy atom. The van der Waals surface area contributed by atoms with Gasteiger partial charge in [0.15, 0.2) is 0 Å². The van der Waals surface area contributed by atoms with Crippen LogP contribution < -0.4 is 16.0 Å². The molecular weight excluding hydrogens is 290 g/mol. The first-order valence-corrected chi connectivity index (χ1v) is 8.01. The molecule has 1 heterocycles. The van der Waals surface area contributed by atoms with Crippen LogP contribution >= 0.6 is 12.4 Å². The largest absolute Gasteiger partial charge is 0.351 e. The summed E-state index contributed by atoms with van der Waals surface area (Å²) in [5.74, 6) is 0.657. The van der Waals surface area contributed by atoms with Crippen LogP contribution in [0.4, 0.5) is 0 Å². The fourth-order valence-corrected chi connectivity index (χ4v) is 3.16. The number of carbonyl (C=O) groups is 2. The molecule has 0 unspecified atom stereocenters. The highest BCUT2D eigenvalue weighted by molar-refractivity contribution is 5.85. The van der Waals surface area contributed by atoms with Gasteiger partial charge in [-0.3, -0.25) is 9.59 Å². The number of halogens is 1. The SMILES string of the molecule is Cl.O=C(CCC1CCCC1)NCC(=O)N[C@H]1CCCNC1. The van der Waals surface area contributed by atoms with E-state index in [1.165, 1.54) is 25.7 Å². The Morgan fingerprint density at radius 1 is 1.05 bits per heavy atom. The fourth-order valence-electron chi connectivity index (χ4n) is 3.16. The Balaban J connectivity index is 0.00000220. The van der Waals surface area contributed by atoms with Crippen molar-refractivity contribution in [3.05, 3.63) is 0 Å². The highest BCUT2D eigenvalue weighted by atomic mass is 35.5. The van der Waals surface area contributed by atoms with Gasteiger partial charge in [-0.05, 0) is 31.7 Å². The molecule has 3 N–H and O–H groups in total. The number of carbonyl (C=O) groups excluding carboxylic acids is 2. The summed E-state index contributed by atoms with van der Waals surface area (Å²) in [5, 5.41) is 8.93.